The second-order valence-corrected chi connectivity index (χ2v) is 1.37. The molecule has 2 amide bonds. The first-order valence-corrected chi connectivity index (χ1v) is 2.42. The number of halogens is 1. The van der Waals surface area contributed by atoms with E-state index in [1.807, 2.05) is 5.32 Å². The fraction of sp³-hybridized carbons (Fsp3) is 0.250. The Balaban J connectivity index is 3.40. The van der Waals surface area contributed by atoms with Crippen LogP contribution in [-0.4, -0.2) is 17.7 Å². The van der Waals surface area contributed by atoms with Crippen molar-refractivity contribution in [1.29, 1.82) is 0 Å². The number of carbonyl (C=O) groups is 2. The summed E-state index contributed by atoms with van der Waals surface area (Å²) in [6, 6.07) is 0. The molecule has 0 aliphatic rings. The van der Waals surface area contributed by atoms with Gasteiger partial charge in [-0.25, -0.2) is 0 Å². The van der Waals surface area contributed by atoms with Crippen molar-refractivity contribution in [1.82, 2.24) is 5.32 Å². The molecule has 0 bridgehead atoms. The van der Waals surface area contributed by atoms with Gasteiger partial charge in [0.25, 0.3) is 0 Å². The van der Waals surface area contributed by atoms with Crippen LogP contribution in [-0.2, 0) is 9.59 Å². The van der Waals surface area contributed by atoms with Crippen molar-refractivity contribution < 1.29 is 9.59 Å². The molecule has 3 nitrogen and oxygen atoms in total. The van der Waals surface area contributed by atoms with E-state index in [9.17, 15) is 9.59 Å². The molecule has 0 spiro atoms. The highest BCUT2D eigenvalue weighted by Gasteiger charge is 1.97. The van der Waals surface area contributed by atoms with Crippen LogP contribution in [0.2, 0.25) is 0 Å². The third kappa shape index (κ3) is 3.61. The molecule has 0 aromatic heterocycles. The first kappa shape index (κ1) is 7.43. The zero-order valence-electron chi connectivity index (χ0n) is 4.11. The molecule has 8 heavy (non-hydrogen) atoms. The summed E-state index contributed by atoms with van der Waals surface area (Å²) >= 11 is 5.00. The average molecular weight is 135 g/mol. The maximum absolute atomic E-state index is 10.1. The summed E-state index contributed by atoms with van der Waals surface area (Å²) in [5.74, 6) is -1.36. The summed E-state index contributed by atoms with van der Waals surface area (Å²) in [5, 5.41) is 1.87. The first-order chi connectivity index (χ1) is 3.66. The number of hydrogen-bond acceptors (Lipinski definition) is 2. The molecular weight excluding hydrogens is 130 g/mol. The van der Waals surface area contributed by atoms with Gasteiger partial charge in [0.2, 0.25) is 11.8 Å². The largest absolute Gasteiger partial charge is 0.295 e. The third-order valence-electron chi connectivity index (χ3n) is 0.400. The van der Waals surface area contributed by atoms with Gasteiger partial charge in [0, 0.05) is 6.92 Å². The van der Waals surface area contributed by atoms with E-state index in [-0.39, 0.29) is 5.88 Å². The average Bonchev–Trinajstić information content (AvgIpc) is 1.65. The van der Waals surface area contributed by atoms with Gasteiger partial charge in [0.15, 0.2) is 0 Å². The van der Waals surface area contributed by atoms with E-state index < -0.39 is 11.8 Å². The van der Waals surface area contributed by atoms with Gasteiger partial charge in [0.1, 0.15) is 5.88 Å². The fourth-order valence-electron chi connectivity index (χ4n) is 0.189. The maximum atomic E-state index is 10.1. The predicted octanol–water partition coefficient (Wildman–Crippen LogP) is -0.298. The molecule has 0 rings (SSSR count). The van der Waals surface area contributed by atoms with Crippen LogP contribution in [0.25, 0.3) is 0 Å². The van der Waals surface area contributed by atoms with Crippen LogP contribution in [0.15, 0.2) is 0 Å². The minimum Gasteiger partial charge on any atom is -0.295 e. The van der Waals surface area contributed by atoms with E-state index in [4.69, 9.17) is 11.6 Å². The highest BCUT2D eigenvalue weighted by molar-refractivity contribution is 6.28. The van der Waals surface area contributed by atoms with Gasteiger partial charge in [0.05, 0.1) is 0 Å². The second kappa shape index (κ2) is 3.43. The first-order valence-electron chi connectivity index (χ1n) is 1.88. The van der Waals surface area contributed by atoms with Crippen LogP contribution in [0.1, 0.15) is 0 Å². The molecule has 0 aromatic rings. The smallest absolute Gasteiger partial charge is 0.241 e. The fourth-order valence-corrected chi connectivity index (χ4v) is 0.256. The quantitative estimate of drug-likeness (QED) is 0.501. The van der Waals surface area contributed by atoms with Crippen molar-refractivity contribution >= 4 is 23.4 Å². The van der Waals surface area contributed by atoms with Crippen LogP contribution in [0, 0.1) is 6.92 Å². The normalized spacial score (nSPS) is 8.25. The number of imide groups is 1. The summed E-state index contributed by atoms with van der Waals surface area (Å²) < 4.78 is 0. The van der Waals surface area contributed by atoms with Crippen LogP contribution in [0.4, 0.5) is 0 Å². The minimum atomic E-state index is -0.629. The number of rotatable bonds is 1. The zero-order chi connectivity index (χ0) is 6.57. The van der Waals surface area contributed by atoms with Crippen molar-refractivity contribution in [3.05, 3.63) is 6.92 Å². The van der Waals surface area contributed by atoms with Crippen LogP contribution < -0.4 is 5.32 Å². The third-order valence-corrected chi connectivity index (χ3v) is 0.643. The lowest BCUT2D eigenvalue weighted by molar-refractivity contribution is -0.126. The van der Waals surface area contributed by atoms with Gasteiger partial charge < -0.3 is 0 Å². The van der Waals surface area contributed by atoms with Gasteiger partial charge >= 0.3 is 0 Å². The van der Waals surface area contributed by atoms with Gasteiger partial charge in [-0.05, 0) is 0 Å². The molecule has 0 aliphatic carbocycles. The Hall–Kier alpha value is -0.570. The summed E-state index contributed by atoms with van der Waals surface area (Å²) in [6.45, 7) is 2.90. The highest BCUT2D eigenvalue weighted by Crippen LogP contribution is 1.72. The van der Waals surface area contributed by atoms with Crippen LogP contribution >= 0.6 is 11.6 Å². The predicted molar refractivity (Wildman–Crippen MR) is 29.2 cm³/mol. The van der Waals surface area contributed by atoms with Crippen LogP contribution in [0.3, 0.4) is 0 Å². The summed E-state index contributed by atoms with van der Waals surface area (Å²) in [6.07, 6.45) is 0. The molecule has 0 unspecified atom stereocenters. The lowest BCUT2D eigenvalue weighted by Crippen LogP contribution is -2.28. The molecule has 0 saturated carbocycles. The Labute approximate surface area is 52.0 Å². The molecule has 45 valence electrons. The van der Waals surface area contributed by atoms with Gasteiger partial charge in [-0.15, -0.1) is 11.6 Å². The van der Waals surface area contributed by atoms with Gasteiger partial charge in [-0.2, -0.15) is 0 Å². The minimum absolute atomic E-state index is 0.207. The maximum Gasteiger partial charge on any atom is 0.241 e. The Kier molecular flexibility index (Phi) is 3.19. The Morgan fingerprint density at radius 3 is 2.25 bits per heavy atom. The number of nitrogens with one attached hydrogen (secondary N) is 1. The van der Waals surface area contributed by atoms with E-state index >= 15 is 0 Å². The SMILES string of the molecule is [CH2]C(=O)NC(=O)CCl. The number of hydrogen-bond donors (Lipinski definition) is 1. The number of carbonyl (C=O) groups excluding carboxylic acids is 2. The lowest BCUT2D eigenvalue weighted by atomic mass is 10.6. The van der Waals surface area contributed by atoms with Crippen LogP contribution in [0.5, 0.6) is 0 Å². The molecule has 0 atom stereocenters. The van der Waals surface area contributed by atoms with E-state index in [2.05, 4.69) is 6.92 Å². The van der Waals surface area contributed by atoms with Crippen molar-refractivity contribution in [3.63, 3.8) is 0 Å². The van der Waals surface area contributed by atoms with E-state index in [0.29, 0.717) is 0 Å². The molecule has 0 aromatic carbocycles. The summed E-state index contributed by atoms with van der Waals surface area (Å²) in [5.41, 5.74) is 0. The van der Waals surface area contributed by atoms with E-state index in [0.717, 1.165) is 0 Å². The standard InChI is InChI=1S/C4H5ClNO2/c1-3(7)6-4(8)2-5/h1-2H2,(H,6,7,8). The van der Waals surface area contributed by atoms with E-state index in [1.165, 1.54) is 0 Å². The van der Waals surface area contributed by atoms with E-state index in [1.54, 1.807) is 0 Å². The lowest BCUT2D eigenvalue weighted by Gasteiger charge is -1.91. The van der Waals surface area contributed by atoms with Gasteiger partial charge in [-0.1, -0.05) is 0 Å². The molecule has 1 radical (unpaired) electrons. The Morgan fingerprint density at radius 2 is 2.12 bits per heavy atom. The highest BCUT2D eigenvalue weighted by atomic mass is 35.5. The monoisotopic (exact) mass is 134 g/mol. The Bertz CT molecular complexity index is 113. The second-order valence-electron chi connectivity index (χ2n) is 1.10. The van der Waals surface area contributed by atoms with Crippen molar-refractivity contribution in [2.75, 3.05) is 5.88 Å². The van der Waals surface area contributed by atoms with Crippen molar-refractivity contribution in [2.45, 2.75) is 0 Å². The molecule has 0 fully saturated rings. The molecular formula is C4H5ClNO2. The zero-order valence-corrected chi connectivity index (χ0v) is 4.86. The summed E-state index contributed by atoms with van der Waals surface area (Å²) in [4.78, 5) is 20.0. The molecule has 1 N–H and O–H groups in total. The molecule has 4 heteroatoms. The topological polar surface area (TPSA) is 46.2 Å². The molecule has 0 aliphatic heterocycles. The summed E-state index contributed by atoms with van der Waals surface area (Å²) in [7, 11) is 0. The Morgan fingerprint density at radius 1 is 1.62 bits per heavy atom. The molecule has 0 saturated heterocycles. The molecule has 0 heterocycles. The van der Waals surface area contributed by atoms with Gasteiger partial charge in [-0.3, -0.25) is 14.9 Å². The van der Waals surface area contributed by atoms with Crippen molar-refractivity contribution in [2.24, 2.45) is 0 Å². The number of amides is 2. The van der Waals surface area contributed by atoms with Crippen molar-refractivity contribution in [3.8, 4) is 0 Å². The number of alkyl halides is 1.